The van der Waals surface area contributed by atoms with Crippen molar-refractivity contribution in [3.8, 4) is 16.8 Å². The van der Waals surface area contributed by atoms with Crippen LogP contribution in [0.5, 0.6) is 0 Å². The summed E-state index contributed by atoms with van der Waals surface area (Å²) >= 11 is 0. The van der Waals surface area contributed by atoms with Crippen molar-refractivity contribution in [2.75, 3.05) is 0 Å². The third-order valence-electron chi connectivity index (χ3n) is 7.87. The molecular weight excluding hydrogens is 480 g/mol. The molecule has 0 atom stereocenters. The molecule has 0 saturated heterocycles. The van der Waals surface area contributed by atoms with Crippen molar-refractivity contribution in [1.82, 2.24) is 9.55 Å². The summed E-state index contributed by atoms with van der Waals surface area (Å²) in [6, 6.07) is 39.9. The zero-order chi connectivity index (χ0) is 25.5. The molecule has 0 aliphatic heterocycles. The largest absolute Gasteiger partial charge is 0.455 e. The van der Waals surface area contributed by atoms with Crippen LogP contribution in [0, 0.1) is 0 Å². The molecule has 9 rings (SSSR count). The van der Waals surface area contributed by atoms with Gasteiger partial charge in [-0.15, -0.1) is 0 Å². The topological polar surface area (TPSA) is 44.1 Å². The van der Waals surface area contributed by atoms with Crippen LogP contribution >= 0.6 is 0 Å². The van der Waals surface area contributed by atoms with Gasteiger partial charge < -0.3 is 8.83 Å². The van der Waals surface area contributed by atoms with E-state index in [1.807, 2.05) is 30.5 Å². The van der Waals surface area contributed by atoms with E-state index < -0.39 is 0 Å². The van der Waals surface area contributed by atoms with Crippen molar-refractivity contribution in [1.29, 1.82) is 0 Å². The SMILES string of the molecule is c1ccc2c(c1)oc1c(-c3cccc4c3oc3ccc(-n5c6ccccc6c6cccnc65)cc34)cccc12. The zero-order valence-corrected chi connectivity index (χ0v) is 20.8. The van der Waals surface area contributed by atoms with Gasteiger partial charge in [0.25, 0.3) is 0 Å². The summed E-state index contributed by atoms with van der Waals surface area (Å²) in [4.78, 5) is 4.75. The maximum Gasteiger partial charge on any atom is 0.145 e. The normalized spacial score (nSPS) is 12.1. The quantitative estimate of drug-likeness (QED) is 0.237. The highest BCUT2D eigenvalue weighted by Crippen LogP contribution is 2.41. The highest BCUT2D eigenvalue weighted by Gasteiger charge is 2.19. The highest BCUT2D eigenvalue weighted by atomic mass is 16.3. The van der Waals surface area contributed by atoms with Gasteiger partial charge in [-0.3, -0.25) is 4.57 Å². The molecule has 4 heteroatoms. The average Bonchev–Trinajstić information content (AvgIpc) is 3.66. The molecule has 0 N–H and O–H groups in total. The smallest absolute Gasteiger partial charge is 0.145 e. The van der Waals surface area contributed by atoms with E-state index in [0.29, 0.717) is 0 Å². The van der Waals surface area contributed by atoms with Gasteiger partial charge in [0.05, 0.1) is 5.52 Å². The molecule has 4 aromatic heterocycles. The number of hydrogen-bond donors (Lipinski definition) is 0. The van der Waals surface area contributed by atoms with Crippen LogP contribution in [0.4, 0.5) is 0 Å². The van der Waals surface area contributed by atoms with E-state index in [2.05, 4.69) is 95.6 Å². The van der Waals surface area contributed by atoms with Crippen molar-refractivity contribution in [3.05, 3.63) is 121 Å². The van der Waals surface area contributed by atoms with Gasteiger partial charge in [-0.25, -0.2) is 4.98 Å². The van der Waals surface area contributed by atoms with E-state index in [4.69, 9.17) is 13.8 Å². The van der Waals surface area contributed by atoms with Gasteiger partial charge in [0, 0.05) is 55.3 Å². The molecule has 0 radical (unpaired) electrons. The van der Waals surface area contributed by atoms with Crippen LogP contribution in [0.2, 0.25) is 0 Å². The number of aromatic nitrogens is 2. The third-order valence-corrected chi connectivity index (χ3v) is 7.87. The number of benzene rings is 5. The van der Waals surface area contributed by atoms with Gasteiger partial charge in [0.2, 0.25) is 0 Å². The Morgan fingerprint density at radius 1 is 0.487 bits per heavy atom. The molecule has 182 valence electrons. The third kappa shape index (κ3) is 2.80. The van der Waals surface area contributed by atoms with Crippen molar-refractivity contribution in [3.63, 3.8) is 0 Å². The van der Waals surface area contributed by atoms with E-state index in [-0.39, 0.29) is 0 Å². The number of rotatable bonds is 2. The van der Waals surface area contributed by atoms with E-state index >= 15 is 0 Å². The number of furan rings is 2. The summed E-state index contributed by atoms with van der Waals surface area (Å²) in [5.74, 6) is 0. The summed E-state index contributed by atoms with van der Waals surface area (Å²) in [6.07, 6.45) is 1.86. The molecule has 0 fully saturated rings. The molecular formula is C35H20N2O2. The molecule has 4 heterocycles. The summed E-state index contributed by atoms with van der Waals surface area (Å²) in [7, 11) is 0. The van der Waals surface area contributed by atoms with E-state index in [9.17, 15) is 0 Å². The maximum atomic E-state index is 6.54. The first-order valence-electron chi connectivity index (χ1n) is 13.1. The first-order chi connectivity index (χ1) is 19.3. The standard InChI is InChI=1S/C35H20N2O2/c1-3-15-30-22(8-1)28-14-7-19-36-35(28)37(30)21-17-18-32-29(20-21)27-13-6-12-26(34(27)39-32)25-11-5-10-24-23-9-2-4-16-31(23)38-33(24)25/h1-20H. The average molecular weight is 501 g/mol. The number of nitrogens with zero attached hydrogens (tertiary/aromatic N) is 2. The maximum absolute atomic E-state index is 6.54. The van der Waals surface area contributed by atoms with Crippen molar-refractivity contribution < 1.29 is 8.83 Å². The van der Waals surface area contributed by atoms with Crippen LogP contribution in [-0.4, -0.2) is 9.55 Å². The number of para-hydroxylation sites is 4. The lowest BCUT2D eigenvalue weighted by Crippen LogP contribution is -1.94. The van der Waals surface area contributed by atoms with Crippen LogP contribution in [0.25, 0.3) is 82.6 Å². The molecule has 0 aliphatic carbocycles. The lowest BCUT2D eigenvalue weighted by Gasteiger charge is -2.07. The lowest BCUT2D eigenvalue weighted by atomic mass is 10.00. The lowest BCUT2D eigenvalue weighted by molar-refractivity contribution is 0.665. The van der Waals surface area contributed by atoms with Crippen molar-refractivity contribution >= 4 is 65.8 Å². The number of hydrogen-bond acceptors (Lipinski definition) is 3. The molecule has 9 aromatic rings. The monoisotopic (exact) mass is 500 g/mol. The highest BCUT2D eigenvalue weighted by molar-refractivity contribution is 6.15. The number of fused-ring (bicyclic) bond motifs is 9. The van der Waals surface area contributed by atoms with Crippen LogP contribution in [0.3, 0.4) is 0 Å². The predicted octanol–water partition coefficient (Wildman–Crippen LogP) is 9.64. The minimum absolute atomic E-state index is 0.853. The Kier molecular flexibility index (Phi) is 4.02. The summed E-state index contributed by atoms with van der Waals surface area (Å²) in [6.45, 7) is 0. The van der Waals surface area contributed by atoms with Gasteiger partial charge >= 0.3 is 0 Å². The Balaban J connectivity index is 1.31. The minimum atomic E-state index is 0.853. The van der Waals surface area contributed by atoms with Gasteiger partial charge in [-0.05, 0) is 42.5 Å². The Hall–Kier alpha value is -5.35. The summed E-state index contributed by atoms with van der Waals surface area (Å²) in [5.41, 5.74) is 8.67. The van der Waals surface area contributed by atoms with E-state index in [1.54, 1.807) is 0 Å². The second-order valence-corrected chi connectivity index (χ2v) is 9.97. The molecule has 0 aliphatic rings. The molecule has 0 unspecified atom stereocenters. The van der Waals surface area contributed by atoms with Gasteiger partial charge in [0.15, 0.2) is 0 Å². The fourth-order valence-electron chi connectivity index (χ4n) is 6.15. The Bertz CT molecular complexity index is 2350. The first kappa shape index (κ1) is 20.7. The molecule has 0 saturated carbocycles. The van der Waals surface area contributed by atoms with Crippen molar-refractivity contribution in [2.45, 2.75) is 0 Å². The minimum Gasteiger partial charge on any atom is -0.455 e. The van der Waals surface area contributed by atoms with Crippen LogP contribution < -0.4 is 0 Å². The Morgan fingerprint density at radius 3 is 1.95 bits per heavy atom. The molecule has 0 spiro atoms. The van der Waals surface area contributed by atoms with E-state index in [0.717, 1.165) is 77.2 Å². The fourth-order valence-corrected chi connectivity index (χ4v) is 6.15. The zero-order valence-electron chi connectivity index (χ0n) is 20.8. The van der Waals surface area contributed by atoms with E-state index in [1.165, 1.54) is 5.39 Å². The summed E-state index contributed by atoms with van der Waals surface area (Å²) in [5, 5.41) is 6.72. The van der Waals surface area contributed by atoms with Crippen molar-refractivity contribution in [2.24, 2.45) is 0 Å². The second kappa shape index (κ2) is 7.59. The molecule has 5 aromatic carbocycles. The molecule has 4 nitrogen and oxygen atoms in total. The first-order valence-corrected chi connectivity index (χ1v) is 13.1. The predicted molar refractivity (Wildman–Crippen MR) is 159 cm³/mol. The molecule has 39 heavy (non-hydrogen) atoms. The second-order valence-electron chi connectivity index (χ2n) is 9.97. The van der Waals surface area contributed by atoms with Crippen LogP contribution in [0.1, 0.15) is 0 Å². The van der Waals surface area contributed by atoms with Crippen LogP contribution in [0.15, 0.2) is 130 Å². The van der Waals surface area contributed by atoms with Crippen LogP contribution in [-0.2, 0) is 0 Å². The summed E-state index contributed by atoms with van der Waals surface area (Å²) < 4.78 is 15.1. The fraction of sp³-hybridized carbons (Fsp3) is 0. The Morgan fingerprint density at radius 2 is 1.13 bits per heavy atom. The number of pyridine rings is 1. The Labute approximate surface area is 222 Å². The van der Waals surface area contributed by atoms with Gasteiger partial charge in [-0.1, -0.05) is 72.8 Å². The molecule has 0 amide bonds. The molecule has 0 bridgehead atoms. The van der Waals surface area contributed by atoms with Gasteiger partial charge in [-0.2, -0.15) is 0 Å². The van der Waals surface area contributed by atoms with Gasteiger partial charge in [0.1, 0.15) is 28.0 Å².